The van der Waals surface area contributed by atoms with Crippen molar-refractivity contribution in [3.05, 3.63) is 0 Å². The second kappa shape index (κ2) is 23.7. The number of ether oxygens (including phenoxy) is 1. The molecule has 0 aliphatic carbocycles. The molecular formula is C29H56N2O5. The van der Waals surface area contributed by atoms with Crippen LogP contribution >= 0.6 is 0 Å². The van der Waals surface area contributed by atoms with Gasteiger partial charge >= 0.3 is 5.97 Å². The highest BCUT2D eigenvalue weighted by molar-refractivity contribution is 5.90. The summed E-state index contributed by atoms with van der Waals surface area (Å²) in [6.45, 7) is 7.96. The van der Waals surface area contributed by atoms with E-state index in [0.29, 0.717) is 13.0 Å². The van der Waals surface area contributed by atoms with E-state index in [4.69, 9.17) is 4.74 Å². The van der Waals surface area contributed by atoms with Gasteiger partial charge in [0.2, 0.25) is 11.8 Å². The first-order valence-electron chi connectivity index (χ1n) is 14.7. The van der Waals surface area contributed by atoms with Crippen LogP contribution in [0.15, 0.2) is 0 Å². The zero-order chi connectivity index (χ0) is 27.0. The molecule has 7 heteroatoms. The minimum Gasteiger partial charge on any atom is -0.480 e. The molecule has 0 heterocycles. The molecule has 0 fully saturated rings. The van der Waals surface area contributed by atoms with Crippen molar-refractivity contribution in [3.63, 3.8) is 0 Å². The second-order valence-electron chi connectivity index (χ2n) is 10.7. The van der Waals surface area contributed by atoms with Gasteiger partial charge < -0.3 is 20.5 Å². The first kappa shape index (κ1) is 34.4. The average Bonchev–Trinajstić information content (AvgIpc) is 2.81. The number of carbonyl (C=O) groups excluding carboxylic acids is 2. The number of carboxylic acid groups (broad SMARTS) is 1. The van der Waals surface area contributed by atoms with Gasteiger partial charge in [0.05, 0.1) is 6.61 Å². The number of carboxylic acids is 1. The van der Waals surface area contributed by atoms with E-state index in [1.807, 2.05) is 13.8 Å². The van der Waals surface area contributed by atoms with Gasteiger partial charge in [-0.05, 0) is 18.8 Å². The lowest BCUT2D eigenvalue weighted by Gasteiger charge is -2.22. The van der Waals surface area contributed by atoms with Crippen molar-refractivity contribution in [3.8, 4) is 0 Å². The van der Waals surface area contributed by atoms with Gasteiger partial charge in [0, 0.05) is 13.5 Å². The maximum Gasteiger partial charge on any atom is 0.326 e. The van der Waals surface area contributed by atoms with Crippen molar-refractivity contribution in [2.24, 2.45) is 5.92 Å². The lowest BCUT2D eigenvalue weighted by Crippen LogP contribution is -2.53. The molecule has 0 radical (unpaired) electrons. The van der Waals surface area contributed by atoms with Crippen molar-refractivity contribution in [2.75, 3.05) is 13.2 Å². The Labute approximate surface area is 220 Å². The standard InChI is InChI=1S/C29H56N2O5/c1-5-6-7-8-9-10-11-12-13-14-15-16-17-18-19-20-21-36-23-27(30-25(4)32)28(33)31-26(29(34)35)22-24(2)3/h24,26-27H,5-23H2,1-4H3,(H,30,32)(H,31,33)(H,34,35)/t26-,27?/m0/s1. The molecule has 0 saturated heterocycles. The van der Waals surface area contributed by atoms with E-state index in [9.17, 15) is 19.5 Å². The van der Waals surface area contributed by atoms with E-state index >= 15 is 0 Å². The Morgan fingerprint density at radius 3 is 1.53 bits per heavy atom. The van der Waals surface area contributed by atoms with E-state index in [0.717, 1.165) is 12.8 Å². The molecule has 0 saturated carbocycles. The van der Waals surface area contributed by atoms with E-state index in [1.54, 1.807) is 0 Å². The molecule has 0 aromatic heterocycles. The first-order valence-corrected chi connectivity index (χ1v) is 14.7. The third kappa shape index (κ3) is 21.6. The highest BCUT2D eigenvalue weighted by atomic mass is 16.5. The summed E-state index contributed by atoms with van der Waals surface area (Å²) in [6.07, 6.45) is 21.2. The average molecular weight is 513 g/mol. The molecule has 0 spiro atoms. The van der Waals surface area contributed by atoms with Crippen molar-refractivity contribution in [2.45, 2.75) is 149 Å². The van der Waals surface area contributed by atoms with Crippen LogP contribution in [0.25, 0.3) is 0 Å². The zero-order valence-electron chi connectivity index (χ0n) is 23.7. The normalized spacial score (nSPS) is 12.9. The molecule has 0 bridgehead atoms. The van der Waals surface area contributed by atoms with Crippen LogP contribution in [0.1, 0.15) is 137 Å². The minimum absolute atomic E-state index is 0.0399. The molecule has 0 rings (SSSR count). The highest BCUT2D eigenvalue weighted by Gasteiger charge is 2.26. The van der Waals surface area contributed by atoms with Crippen LogP contribution in [0, 0.1) is 5.92 Å². The first-order chi connectivity index (χ1) is 17.3. The van der Waals surface area contributed by atoms with E-state index in [1.165, 1.54) is 96.8 Å². The van der Waals surface area contributed by atoms with Gasteiger partial charge in [-0.1, -0.05) is 117 Å². The maximum absolute atomic E-state index is 12.5. The van der Waals surface area contributed by atoms with Gasteiger partial charge in [-0.3, -0.25) is 9.59 Å². The van der Waals surface area contributed by atoms with E-state index in [2.05, 4.69) is 17.6 Å². The molecule has 0 aromatic rings. The van der Waals surface area contributed by atoms with Crippen LogP contribution in [-0.4, -0.2) is 48.2 Å². The quantitative estimate of drug-likeness (QED) is 0.123. The van der Waals surface area contributed by atoms with Crippen molar-refractivity contribution in [1.29, 1.82) is 0 Å². The molecule has 2 amide bonds. The zero-order valence-corrected chi connectivity index (χ0v) is 23.7. The molecule has 2 atom stereocenters. The molecule has 1 unspecified atom stereocenters. The third-order valence-electron chi connectivity index (χ3n) is 6.44. The number of carbonyl (C=O) groups is 3. The van der Waals surface area contributed by atoms with Crippen LogP contribution in [0.5, 0.6) is 0 Å². The Morgan fingerprint density at radius 2 is 1.14 bits per heavy atom. The van der Waals surface area contributed by atoms with Crippen molar-refractivity contribution in [1.82, 2.24) is 10.6 Å². The summed E-state index contributed by atoms with van der Waals surface area (Å²) in [4.78, 5) is 35.4. The molecule has 0 aliphatic rings. The lowest BCUT2D eigenvalue weighted by atomic mass is 10.0. The Morgan fingerprint density at radius 1 is 0.694 bits per heavy atom. The van der Waals surface area contributed by atoms with Gasteiger partial charge in [-0.25, -0.2) is 4.79 Å². The monoisotopic (exact) mass is 512 g/mol. The molecule has 212 valence electrons. The number of hydrogen-bond acceptors (Lipinski definition) is 4. The number of aliphatic carboxylic acids is 1. The number of unbranched alkanes of at least 4 members (excludes halogenated alkanes) is 15. The van der Waals surface area contributed by atoms with Crippen LogP contribution in [0.2, 0.25) is 0 Å². The van der Waals surface area contributed by atoms with Crippen LogP contribution in [-0.2, 0) is 19.1 Å². The Balaban J connectivity index is 3.81. The van der Waals surface area contributed by atoms with Gasteiger partial charge in [0.15, 0.2) is 0 Å². The summed E-state index contributed by atoms with van der Waals surface area (Å²) < 4.78 is 5.64. The van der Waals surface area contributed by atoms with Crippen LogP contribution < -0.4 is 10.6 Å². The molecule has 7 nitrogen and oxygen atoms in total. The Kier molecular flexibility index (Phi) is 22.7. The third-order valence-corrected chi connectivity index (χ3v) is 6.44. The fourth-order valence-electron chi connectivity index (χ4n) is 4.35. The summed E-state index contributed by atoms with van der Waals surface area (Å²) in [7, 11) is 0. The fourth-order valence-corrected chi connectivity index (χ4v) is 4.35. The molecular weight excluding hydrogens is 456 g/mol. The van der Waals surface area contributed by atoms with Gasteiger partial charge in [-0.15, -0.1) is 0 Å². The van der Waals surface area contributed by atoms with E-state index in [-0.39, 0.29) is 18.4 Å². The Hall–Kier alpha value is -1.63. The van der Waals surface area contributed by atoms with E-state index < -0.39 is 24.0 Å². The van der Waals surface area contributed by atoms with Crippen LogP contribution in [0.3, 0.4) is 0 Å². The van der Waals surface area contributed by atoms with Crippen molar-refractivity contribution >= 4 is 17.8 Å². The smallest absolute Gasteiger partial charge is 0.326 e. The molecule has 0 aromatic carbocycles. The van der Waals surface area contributed by atoms with Gasteiger partial charge in [0.25, 0.3) is 0 Å². The SMILES string of the molecule is CCCCCCCCCCCCCCCCCCOCC(NC(C)=O)C(=O)N[C@@H](CC(C)C)C(=O)O. The predicted octanol–water partition coefficient (Wildman–Crippen LogP) is 6.38. The number of hydrogen-bond donors (Lipinski definition) is 3. The summed E-state index contributed by atoms with van der Waals surface area (Å²) in [5, 5.41) is 14.4. The predicted molar refractivity (Wildman–Crippen MR) is 147 cm³/mol. The number of rotatable bonds is 25. The number of nitrogens with one attached hydrogen (secondary N) is 2. The lowest BCUT2D eigenvalue weighted by molar-refractivity contribution is -0.143. The second-order valence-corrected chi connectivity index (χ2v) is 10.7. The van der Waals surface area contributed by atoms with Gasteiger partial charge in [0.1, 0.15) is 12.1 Å². The fraction of sp³-hybridized carbons (Fsp3) is 0.897. The summed E-state index contributed by atoms with van der Waals surface area (Å²) in [5.41, 5.74) is 0. The summed E-state index contributed by atoms with van der Waals surface area (Å²) >= 11 is 0. The highest BCUT2D eigenvalue weighted by Crippen LogP contribution is 2.13. The summed E-state index contributed by atoms with van der Waals surface area (Å²) in [6, 6.07) is -1.87. The maximum atomic E-state index is 12.5. The summed E-state index contributed by atoms with van der Waals surface area (Å²) in [5.74, 6) is -1.83. The molecule has 36 heavy (non-hydrogen) atoms. The number of amides is 2. The Bertz CT molecular complexity index is 568. The van der Waals surface area contributed by atoms with Crippen molar-refractivity contribution < 1.29 is 24.2 Å². The van der Waals surface area contributed by atoms with Crippen LogP contribution in [0.4, 0.5) is 0 Å². The topological polar surface area (TPSA) is 105 Å². The molecule has 3 N–H and O–H groups in total. The minimum atomic E-state index is -1.08. The van der Waals surface area contributed by atoms with Gasteiger partial charge in [-0.2, -0.15) is 0 Å². The molecule has 0 aliphatic heterocycles. The largest absolute Gasteiger partial charge is 0.480 e.